The molecule has 1 saturated heterocycles. The van der Waals surface area contributed by atoms with Gasteiger partial charge in [0.05, 0.1) is 6.10 Å². The zero-order valence-corrected chi connectivity index (χ0v) is 6.30. The van der Waals surface area contributed by atoms with E-state index in [0.29, 0.717) is 18.6 Å². The van der Waals surface area contributed by atoms with Gasteiger partial charge in [-0.15, -0.1) is 11.8 Å². The molecule has 0 aromatic carbocycles. The molecular weight excluding hydrogens is 152 g/mol. The fourth-order valence-electron chi connectivity index (χ4n) is 0.932. The van der Waals surface area contributed by atoms with Crippen molar-refractivity contribution in [3.8, 4) is 0 Å². The fourth-order valence-corrected chi connectivity index (χ4v) is 2.00. The van der Waals surface area contributed by atoms with Crippen LogP contribution in [0.1, 0.15) is 12.8 Å². The zero-order valence-electron chi connectivity index (χ0n) is 5.49. The Morgan fingerprint density at radius 1 is 1.50 bits per heavy atom. The first kappa shape index (κ1) is 7.88. The van der Waals surface area contributed by atoms with E-state index in [1.165, 1.54) is 11.8 Å². The molecule has 1 rings (SSSR count). The van der Waals surface area contributed by atoms with E-state index in [0.717, 1.165) is 0 Å². The summed E-state index contributed by atoms with van der Waals surface area (Å²) in [5, 5.41) is 17.2. The monoisotopic (exact) mass is 162 g/mol. The first-order valence-corrected chi connectivity index (χ1v) is 4.27. The Labute approximate surface area is 63.4 Å². The Hall–Kier alpha value is -0.220. The lowest BCUT2D eigenvalue weighted by Crippen LogP contribution is -2.27. The molecule has 1 heterocycles. The minimum atomic E-state index is -0.753. The Kier molecular flexibility index (Phi) is 2.56. The smallest absolute Gasteiger partial charge is 0.316 e. The number of hydrogen-bond donors (Lipinski definition) is 2. The van der Waals surface area contributed by atoms with Crippen molar-refractivity contribution in [2.75, 3.05) is 5.75 Å². The standard InChI is InChI=1S/C6H10O3S/c7-4-1-2-5(6(8)9)10-3-4/h4-5,7H,1-3H2,(H,8,9)/t4-,5+/m1/s1. The summed E-state index contributed by atoms with van der Waals surface area (Å²) < 4.78 is 0. The Morgan fingerprint density at radius 2 is 2.20 bits per heavy atom. The van der Waals surface area contributed by atoms with Gasteiger partial charge < -0.3 is 10.2 Å². The number of carboxylic acids is 1. The average molecular weight is 162 g/mol. The van der Waals surface area contributed by atoms with Gasteiger partial charge in [0.15, 0.2) is 0 Å². The van der Waals surface area contributed by atoms with E-state index in [1.807, 2.05) is 0 Å². The molecule has 3 nitrogen and oxygen atoms in total. The van der Waals surface area contributed by atoms with Crippen LogP contribution in [0, 0.1) is 0 Å². The molecular formula is C6H10O3S. The molecule has 2 atom stereocenters. The van der Waals surface area contributed by atoms with Crippen LogP contribution in [-0.2, 0) is 4.79 Å². The molecule has 1 fully saturated rings. The molecule has 0 saturated carbocycles. The van der Waals surface area contributed by atoms with Crippen molar-refractivity contribution in [3.05, 3.63) is 0 Å². The summed E-state index contributed by atoms with van der Waals surface area (Å²) in [6, 6.07) is 0. The van der Waals surface area contributed by atoms with Gasteiger partial charge in [0.25, 0.3) is 0 Å². The van der Waals surface area contributed by atoms with E-state index in [1.54, 1.807) is 0 Å². The molecule has 1 aliphatic rings. The van der Waals surface area contributed by atoms with Gasteiger partial charge in [-0.3, -0.25) is 4.79 Å². The minimum absolute atomic E-state index is 0.289. The summed E-state index contributed by atoms with van der Waals surface area (Å²) in [6.07, 6.45) is 0.936. The molecule has 0 aromatic heterocycles. The summed E-state index contributed by atoms with van der Waals surface area (Å²) in [4.78, 5) is 10.4. The maximum Gasteiger partial charge on any atom is 0.316 e. The topological polar surface area (TPSA) is 57.5 Å². The van der Waals surface area contributed by atoms with E-state index >= 15 is 0 Å². The number of thioether (sulfide) groups is 1. The molecule has 10 heavy (non-hydrogen) atoms. The highest BCUT2D eigenvalue weighted by Crippen LogP contribution is 2.25. The van der Waals surface area contributed by atoms with Crippen molar-refractivity contribution in [1.29, 1.82) is 0 Å². The summed E-state index contributed by atoms with van der Waals surface area (Å²) in [6.45, 7) is 0. The van der Waals surface area contributed by atoms with Crippen LogP contribution >= 0.6 is 11.8 Å². The highest BCUT2D eigenvalue weighted by molar-refractivity contribution is 8.00. The number of aliphatic hydroxyl groups is 1. The second kappa shape index (κ2) is 3.25. The first-order valence-electron chi connectivity index (χ1n) is 3.22. The van der Waals surface area contributed by atoms with Crippen LogP contribution in [0.15, 0.2) is 0 Å². The molecule has 1 aliphatic heterocycles. The molecule has 0 radical (unpaired) electrons. The van der Waals surface area contributed by atoms with E-state index < -0.39 is 5.97 Å². The zero-order chi connectivity index (χ0) is 7.56. The summed E-state index contributed by atoms with van der Waals surface area (Å²) in [5.41, 5.74) is 0. The summed E-state index contributed by atoms with van der Waals surface area (Å²) >= 11 is 1.33. The normalized spacial score (nSPS) is 33.7. The van der Waals surface area contributed by atoms with Crippen molar-refractivity contribution in [1.82, 2.24) is 0 Å². The fraction of sp³-hybridized carbons (Fsp3) is 0.833. The number of carbonyl (C=O) groups is 1. The largest absolute Gasteiger partial charge is 0.480 e. The van der Waals surface area contributed by atoms with Crippen molar-refractivity contribution in [3.63, 3.8) is 0 Å². The van der Waals surface area contributed by atoms with Crippen molar-refractivity contribution >= 4 is 17.7 Å². The highest BCUT2D eigenvalue weighted by atomic mass is 32.2. The van der Waals surface area contributed by atoms with Crippen molar-refractivity contribution < 1.29 is 15.0 Å². The lowest BCUT2D eigenvalue weighted by molar-refractivity contribution is -0.136. The molecule has 2 N–H and O–H groups in total. The molecule has 0 spiro atoms. The van der Waals surface area contributed by atoms with Crippen LogP contribution in [-0.4, -0.2) is 33.3 Å². The number of aliphatic carboxylic acids is 1. The minimum Gasteiger partial charge on any atom is -0.480 e. The van der Waals surface area contributed by atoms with Gasteiger partial charge in [0.1, 0.15) is 5.25 Å². The summed E-state index contributed by atoms with van der Waals surface area (Å²) in [7, 11) is 0. The third kappa shape index (κ3) is 1.88. The predicted molar refractivity (Wildman–Crippen MR) is 39.1 cm³/mol. The first-order chi connectivity index (χ1) is 4.70. The predicted octanol–water partition coefficient (Wildman–Crippen LogP) is 0.328. The van der Waals surface area contributed by atoms with E-state index in [2.05, 4.69) is 0 Å². The van der Waals surface area contributed by atoms with Gasteiger partial charge in [0, 0.05) is 5.75 Å². The highest BCUT2D eigenvalue weighted by Gasteiger charge is 2.24. The van der Waals surface area contributed by atoms with Gasteiger partial charge in [0.2, 0.25) is 0 Å². The van der Waals surface area contributed by atoms with Crippen molar-refractivity contribution in [2.24, 2.45) is 0 Å². The van der Waals surface area contributed by atoms with Crippen LogP contribution in [0.3, 0.4) is 0 Å². The molecule has 58 valence electrons. The molecule has 0 amide bonds. The van der Waals surface area contributed by atoms with Crippen LogP contribution in [0.4, 0.5) is 0 Å². The lowest BCUT2D eigenvalue weighted by Gasteiger charge is -2.21. The number of rotatable bonds is 1. The Bertz CT molecular complexity index is 129. The maximum atomic E-state index is 10.4. The molecule has 4 heteroatoms. The number of carboxylic acid groups (broad SMARTS) is 1. The van der Waals surface area contributed by atoms with Gasteiger partial charge in [-0.25, -0.2) is 0 Å². The molecule has 0 unspecified atom stereocenters. The third-order valence-corrected chi connectivity index (χ3v) is 2.94. The molecule has 0 aliphatic carbocycles. The second-order valence-corrected chi connectivity index (χ2v) is 3.63. The lowest BCUT2D eigenvalue weighted by atomic mass is 10.1. The van der Waals surface area contributed by atoms with Gasteiger partial charge >= 0.3 is 5.97 Å². The molecule has 0 aromatic rings. The van der Waals surface area contributed by atoms with Crippen LogP contribution < -0.4 is 0 Å². The third-order valence-electron chi connectivity index (χ3n) is 1.53. The van der Waals surface area contributed by atoms with E-state index in [-0.39, 0.29) is 11.4 Å². The van der Waals surface area contributed by atoms with Crippen molar-refractivity contribution in [2.45, 2.75) is 24.2 Å². The number of hydrogen-bond acceptors (Lipinski definition) is 3. The van der Waals surface area contributed by atoms with Crippen LogP contribution in [0.5, 0.6) is 0 Å². The summed E-state index contributed by atoms with van der Waals surface area (Å²) in [5.74, 6) is -0.186. The second-order valence-electron chi connectivity index (χ2n) is 2.39. The molecule has 0 bridgehead atoms. The van der Waals surface area contributed by atoms with Crippen LogP contribution in [0.25, 0.3) is 0 Å². The van der Waals surface area contributed by atoms with Gasteiger partial charge in [-0.1, -0.05) is 0 Å². The van der Waals surface area contributed by atoms with Gasteiger partial charge in [-0.2, -0.15) is 0 Å². The van der Waals surface area contributed by atoms with E-state index in [4.69, 9.17) is 10.2 Å². The Balaban J connectivity index is 2.33. The maximum absolute atomic E-state index is 10.4. The number of aliphatic hydroxyl groups excluding tert-OH is 1. The Morgan fingerprint density at radius 3 is 2.60 bits per heavy atom. The van der Waals surface area contributed by atoms with Crippen LogP contribution in [0.2, 0.25) is 0 Å². The quantitative estimate of drug-likeness (QED) is 0.583. The SMILES string of the molecule is O=C(O)[C@@H]1CC[C@@H](O)CS1. The van der Waals surface area contributed by atoms with E-state index in [9.17, 15) is 4.79 Å². The van der Waals surface area contributed by atoms with Gasteiger partial charge in [-0.05, 0) is 12.8 Å². The average Bonchev–Trinajstić information content (AvgIpc) is 1.88.